The van der Waals surface area contributed by atoms with Gasteiger partial charge in [-0.25, -0.2) is 13.2 Å². The van der Waals surface area contributed by atoms with E-state index in [1.165, 1.54) is 11.3 Å². The predicted molar refractivity (Wildman–Crippen MR) is 71.3 cm³/mol. The summed E-state index contributed by atoms with van der Waals surface area (Å²) in [5, 5.41) is 5.21. The fraction of sp³-hybridized carbons (Fsp3) is 0.231. The Bertz CT molecular complexity index is 612. The molecule has 0 spiro atoms. The molecule has 1 N–H and O–H groups in total. The molecule has 1 nitrogen and oxygen atoms in total. The van der Waals surface area contributed by atoms with Crippen molar-refractivity contribution >= 4 is 22.9 Å². The van der Waals surface area contributed by atoms with E-state index >= 15 is 0 Å². The van der Waals surface area contributed by atoms with Gasteiger partial charge in [-0.05, 0) is 31.0 Å². The number of hydrogen-bond acceptors (Lipinski definition) is 2. The Morgan fingerprint density at radius 1 is 1.16 bits per heavy atom. The first-order chi connectivity index (χ1) is 8.95. The van der Waals surface area contributed by atoms with Crippen molar-refractivity contribution in [3.05, 3.63) is 56.0 Å². The Morgan fingerprint density at radius 3 is 2.32 bits per heavy atom. The highest BCUT2D eigenvalue weighted by Crippen LogP contribution is 2.36. The Hall–Kier alpha value is -1.04. The van der Waals surface area contributed by atoms with Gasteiger partial charge in [-0.1, -0.05) is 11.6 Å². The summed E-state index contributed by atoms with van der Waals surface area (Å²) >= 11 is 7.48. The summed E-state index contributed by atoms with van der Waals surface area (Å²) < 4.78 is 40.0. The summed E-state index contributed by atoms with van der Waals surface area (Å²) in [6.45, 7) is 1.83. The van der Waals surface area contributed by atoms with Crippen molar-refractivity contribution in [3.8, 4) is 0 Å². The average molecular weight is 306 g/mol. The summed E-state index contributed by atoms with van der Waals surface area (Å²) in [6, 6.07) is 0.793. The second-order valence-electron chi connectivity index (χ2n) is 4.11. The fourth-order valence-electron chi connectivity index (χ4n) is 1.83. The highest BCUT2D eigenvalue weighted by Gasteiger charge is 2.23. The van der Waals surface area contributed by atoms with Crippen LogP contribution < -0.4 is 5.32 Å². The maximum absolute atomic E-state index is 13.8. The van der Waals surface area contributed by atoms with Crippen LogP contribution in [0.1, 0.15) is 22.0 Å². The minimum Gasteiger partial charge on any atom is -0.309 e. The van der Waals surface area contributed by atoms with E-state index < -0.39 is 23.5 Å². The van der Waals surface area contributed by atoms with Gasteiger partial charge in [-0.15, -0.1) is 11.3 Å². The normalized spacial score (nSPS) is 12.7. The van der Waals surface area contributed by atoms with Crippen LogP contribution in [0.2, 0.25) is 5.02 Å². The van der Waals surface area contributed by atoms with Crippen molar-refractivity contribution in [1.82, 2.24) is 5.32 Å². The summed E-state index contributed by atoms with van der Waals surface area (Å²) in [4.78, 5) is 0.673. The molecule has 19 heavy (non-hydrogen) atoms. The smallest absolute Gasteiger partial charge is 0.161 e. The number of nitrogens with one attached hydrogen (secondary N) is 1. The molecule has 0 aliphatic carbocycles. The molecule has 6 heteroatoms. The van der Waals surface area contributed by atoms with Crippen LogP contribution in [0.15, 0.2) is 17.5 Å². The SMILES string of the molecule is CNC(c1cc(F)c(F)cc1F)c1scc(C)c1Cl. The van der Waals surface area contributed by atoms with E-state index in [0.29, 0.717) is 16.0 Å². The van der Waals surface area contributed by atoms with Gasteiger partial charge in [0.15, 0.2) is 11.6 Å². The highest BCUT2D eigenvalue weighted by atomic mass is 35.5. The number of aryl methyl sites for hydroxylation is 1. The minimum absolute atomic E-state index is 0.0325. The molecule has 0 bridgehead atoms. The number of rotatable bonds is 3. The fourth-order valence-corrected chi connectivity index (χ4v) is 3.26. The quantitative estimate of drug-likeness (QED) is 0.827. The van der Waals surface area contributed by atoms with Gasteiger partial charge in [0.2, 0.25) is 0 Å². The summed E-state index contributed by atoms with van der Waals surface area (Å²) in [7, 11) is 1.61. The molecule has 1 heterocycles. The number of thiophene rings is 1. The van der Waals surface area contributed by atoms with E-state index in [0.717, 1.165) is 11.6 Å². The third kappa shape index (κ3) is 2.63. The van der Waals surface area contributed by atoms with Crippen LogP contribution in [0.25, 0.3) is 0 Å². The number of benzene rings is 1. The van der Waals surface area contributed by atoms with Gasteiger partial charge in [0.1, 0.15) is 5.82 Å². The first-order valence-electron chi connectivity index (χ1n) is 5.51. The molecule has 0 aliphatic heterocycles. The molecule has 1 aromatic heterocycles. The maximum atomic E-state index is 13.8. The molecule has 1 atom stereocenters. The van der Waals surface area contributed by atoms with E-state index in [9.17, 15) is 13.2 Å². The Labute approximate surface area is 118 Å². The van der Waals surface area contributed by atoms with Crippen LogP contribution in [0, 0.1) is 24.4 Å². The average Bonchev–Trinajstić information content (AvgIpc) is 2.68. The summed E-state index contributed by atoms with van der Waals surface area (Å²) in [5.41, 5.74) is 0.898. The molecule has 0 amide bonds. The van der Waals surface area contributed by atoms with E-state index in [1.54, 1.807) is 7.05 Å². The van der Waals surface area contributed by atoms with Crippen LogP contribution in [0.3, 0.4) is 0 Å². The van der Waals surface area contributed by atoms with E-state index in [2.05, 4.69) is 5.32 Å². The monoisotopic (exact) mass is 305 g/mol. The zero-order valence-electron chi connectivity index (χ0n) is 10.2. The highest BCUT2D eigenvalue weighted by molar-refractivity contribution is 7.10. The first kappa shape index (κ1) is 14.4. The third-order valence-corrected chi connectivity index (χ3v) is 4.61. The van der Waals surface area contributed by atoms with Crippen LogP contribution >= 0.6 is 22.9 Å². The molecular weight excluding hydrogens is 295 g/mol. The van der Waals surface area contributed by atoms with Gasteiger partial charge in [0, 0.05) is 16.5 Å². The van der Waals surface area contributed by atoms with Crippen LogP contribution in [0.4, 0.5) is 13.2 Å². The van der Waals surface area contributed by atoms with Crippen LogP contribution in [0.5, 0.6) is 0 Å². The van der Waals surface area contributed by atoms with Crippen molar-refractivity contribution in [2.75, 3.05) is 7.05 Å². The van der Waals surface area contributed by atoms with Crippen LogP contribution in [-0.4, -0.2) is 7.05 Å². The Morgan fingerprint density at radius 2 is 1.79 bits per heavy atom. The Kier molecular flexibility index (Phi) is 4.18. The molecule has 1 unspecified atom stereocenters. The van der Waals surface area contributed by atoms with Gasteiger partial charge in [0.25, 0.3) is 0 Å². The molecule has 0 saturated heterocycles. The molecule has 1 aromatic carbocycles. The maximum Gasteiger partial charge on any atom is 0.161 e. The molecule has 0 fully saturated rings. The van der Waals surface area contributed by atoms with Gasteiger partial charge >= 0.3 is 0 Å². The lowest BCUT2D eigenvalue weighted by Gasteiger charge is -2.17. The summed E-state index contributed by atoms with van der Waals surface area (Å²) in [5.74, 6) is -3.09. The van der Waals surface area contributed by atoms with E-state index in [-0.39, 0.29) is 5.56 Å². The van der Waals surface area contributed by atoms with E-state index in [4.69, 9.17) is 11.6 Å². The first-order valence-corrected chi connectivity index (χ1v) is 6.76. The molecule has 102 valence electrons. The Balaban J connectivity index is 2.54. The number of hydrogen-bond donors (Lipinski definition) is 1. The van der Waals surface area contributed by atoms with Crippen LogP contribution in [-0.2, 0) is 0 Å². The molecular formula is C13H11ClF3NS. The largest absolute Gasteiger partial charge is 0.309 e. The van der Waals surface area contributed by atoms with Gasteiger partial charge in [0.05, 0.1) is 11.1 Å². The molecule has 2 aromatic rings. The minimum atomic E-state index is -1.20. The summed E-state index contributed by atoms with van der Waals surface area (Å²) in [6.07, 6.45) is 0. The van der Waals surface area contributed by atoms with Crippen molar-refractivity contribution in [2.24, 2.45) is 0 Å². The number of halogens is 4. The lowest BCUT2D eigenvalue weighted by atomic mass is 10.0. The zero-order chi connectivity index (χ0) is 14.2. The zero-order valence-corrected chi connectivity index (χ0v) is 11.8. The molecule has 0 saturated carbocycles. The molecule has 0 radical (unpaired) electrons. The van der Waals surface area contributed by atoms with E-state index in [1.807, 2.05) is 12.3 Å². The molecule has 2 rings (SSSR count). The van der Waals surface area contributed by atoms with Crippen molar-refractivity contribution in [1.29, 1.82) is 0 Å². The van der Waals surface area contributed by atoms with Gasteiger partial charge in [-0.2, -0.15) is 0 Å². The van der Waals surface area contributed by atoms with Crippen molar-refractivity contribution in [3.63, 3.8) is 0 Å². The standard InChI is InChI=1S/C13H11ClF3NS/c1-6-5-19-13(11(6)14)12(18-2)7-3-9(16)10(17)4-8(7)15/h3-5,12,18H,1-2H3. The predicted octanol–water partition coefficient (Wildman–Crippen LogP) is 4.44. The van der Waals surface area contributed by atoms with Gasteiger partial charge in [-0.3, -0.25) is 0 Å². The van der Waals surface area contributed by atoms with Crippen molar-refractivity contribution < 1.29 is 13.2 Å². The second kappa shape index (κ2) is 5.53. The van der Waals surface area contributed by atoms with Gasteiger partial charge < -0.3 is 5.32 Å². The molecule has 0 aliphatic rings. The second-order valence-corrected chi connectivity index (χ2v) is 5.40. The topological polar surface area (TPSA) is 12.0 Å². The van der Waals surface area contributed by atoms with Crippen molar-refractivity contribution in [2.45, 2.75) is 13.0 Å². The lowest BCUT2D eigenvalue weighted by molar-refractivity contribution is 0.484. The lowest BCUT2D eigenvalue weighted by Crippen LogP contribution is -2.19. The third-order valence-electron chi connectivity index (χ3n) is 2.83.